The lowest BCUT2D eigenvalue weighted by Crippen LogP contribution is -2.28. The third-order valence-electron chi connectivity index (χ3n) is 10.9. The number of hydrogen-bond donors (Lipinski definition) is 0. The van der Waals surface area contributed by atoms with Gasteiger partial charge in [0.2, 0.25) is 0 Å². The number of anilines is 3. The van der Waals surface area contributed by atoms with Crippen molar-refractivity contribution in [2.45, 2.75) is 5.41 Å². The summed E-state index contributed by atoms with van der Waals surface area (Å²) in [4.78, 5) is 2.43. The molecule has 8 aromatic carbocycles. The van der Waals surface area contributed by atoms with E-state index in [4.69, 9.17) is 4.42 Å². The van der Waals surface area contributed by atoms with Crippen molar-refractivity contribution < 1.29 is 4.42 Å². The first-order valence-corrected chi connectivity index (χ1v) is 16.9. The average Bonchev–Trinajstić information content (AvgIpc) is 3.80. The fourth-order valence-corrected chi connectivity index (χ4v) is 8.96. The van der Waals surface area contributed by atoms with Gasteiger partial charge in [0.1, 0.15) is 11.2 Å². The van der Waals surface area contributed by atoms with Gasteiger partial charge in [0.15, 0.2) is 0 Å². The van der Waals surface area contributed by atoms with E-state index < -0.39 is 5.41 Å². The standard InChI is InChI=1S/C47H29NO/c1-2-14-31(15-3-1)48(32-26-28-37-39-27-25-30-13-4-5-16-33(30)46(39)49-44(37)29-32)43-24-12-20-38-36-19-8-11-23-42(36)47(45(38)43)40-21-9-6-17-34(40)35-18-7-10-22-41(35)47/h1-29H. The quantitative estimate of drug-likeness (QED) is 0.195. The van der Waals surface area contributed by atoms with Gasteiger partial charge in [-0.05, 0) is 80.7 Å². The Morgan fingerprint density at radius 1 is 0.408 bits per heavy atom. The Kier molecular flexibility index (Phi) is 5.34. The Morgan fingerprint density at radius 2 is 1.00 bits per heavy atom. The first-order chi connectivity index (χ1) is 24.3. The third-order valence-corrected chi connectivity index (χ3v) is 10.9. The fourth-order valence-electron chi connectivity index (χ4n) is 8.96. The highest BCUT2D eigenvalue weighted by Gasteiger charge is 2.53. The lowest BCUT2D eigenvalue weighted by Gasteiger charge is -2.35. The summed E-state index contributed by atoms with van der Waals surface area (Å²) < 4.78 is 6.73. The van der Waals surface area contributed by atoms with Crippen LogP contribution in [0.4, 0.5) is 17.1 Å². The van der Waals surface area contributed by atoms with Crippen LogP contribution in [-0.2, 0) is 5.41 Å². The maximum absolute atomic E-state index is 6.73. The van der Waals surface area contributed by atoms with Crippen molar-refractivity contribution in [3.63, 3.8) is 0 Å². The molecule has 2 heteroatoms. The van der Waals surface area contributed by atoms with Crippen LogP contribution in [0.15, 0.2) is 180 Å². The molecule has 49 heavy (non-hydrogen) atoms. The Balaban J connectivity index is 1.23. The van der Waals surface area contributed by atoms with Gasteiger partial charge < -0.3 is 9.32 Å². The zero-order valence-electron chi connectivity index (χ0n) is 26.6. The molecule has 2 nitrogen and oxygen atoms in total. The molecule has 0 radical (unpaired) electrons. The van der Waals surface area contributed by atoms with Gasteiger partial charge in [-0.25, -0.2) is 0 Å². The van der Waals surface area contributed by atoms with Gasteiger partial charge in [-0.3, -0.25) is 0 Å². The zero-order valence-corrected chi connectivity index (χ0v) is 26.6. The van der Waals surface area contributed by atoms with Crippen LogP contribution in [0.1, 0.15) is 22.3 Å². The van der Waals surface area contributed by atoms with Crippen molar-refractivity contribution in [2.75, 3.05) is 4.90 Å². The molecular formula is C47H29NO. The van der Waals surface area contributed by atoms with Crippen LogP contribution < -0.4 is 4.90 Å². The predicted octanol–water partition coefficient (Wildman–Crippen LogP) is 12.6. The van der Waals surface area contributed by atoms with E-state index in [0.29, 0.717) is 0 Å². The monoisotopic (exact) mass is 623 g/mol. The summed E-state index contributed by atoms with van der Waals surface area (Å²) in [5.74, 6) is 0. The van der Waals surface area contributed by atoms with Crippen molar-refractivity contribution in [3.05, 3.63) is 198 Å². The second-order valence-electron chi connectivity index (χ2n) is 13.2. The average molecular weight is 624 g/mol. The van der Waals surface area contributed by atoms with E-state index in [0.717, 1.165) is 44.4 Å². The minimum atomic E-state index is -0.467. The Labute approximate surface area is 284 Å². The molecule has 1 spiro atoms. The highest BCUT2D eigenvalue weighted by Crippen LogP contribution is 2.65. The van der Waals surface area contributed by atoms with Crippen molar-refractivity contribution in [3.8, 4) is 22.3 Å². The van der Waals surface area contributed by atoms with E-state index in [9.17, 15) is 0 Å². The number of benzene rings is 8. The summed E-state index contributed by atoms with van der Waals surface area (Å²) in [5.41, 5.74) is 15.2. The minimum Gasteiger partial charge on any atom is -0.455 e. The topological polar surface area (TPSA) is 16.4 Å². The molecule has 0 N–H and O–H groups in total. The van der Waals surface area contributed by atoms with Gasteiger partial charge in [-0.2, -0.15) is 0 Å². The first-order valence-electron chi connectivity index (χ1n) is 16.9. The molecule has 2 aliphatic carbocycles. The van der Waals surface area contributed by atoms with Crippen LogP contribution >= 0.6 is 0 Å². The fraction of sp³-hybridized carbons (Fsp3) is 0.0213. The lowest BCUT2D eigenvalue weighted by molar-refractivity contribution is 0.672. The van der Waals surface area contributed by atoms with Gasteiger partial charge in [-0.1, -0.05) is 133 Å². The maximum Gasteiger partial charge on any atom is 0.143 e. The smallest absolute Gasteiger partial charge is 0.143 e. The molecule has 9 aromatic rings. The Hall–Kier alpha value is -6.38. The molecule has 228 valence electrons. The molecule has 0 saturated heterocycles. The van der Waals surface area contributed by atoms with Gasteiger partial charge in [0.25, 0.3) is 0 Å². The first kappa shape index (κ1) is 26.7. The number of furan rings is 1. The highest BCUT2D eigenvalue weighted by atomic mass is 16.3. The molecule has 0 unspecified atom stereocenters. The van der Waals surface area contributed by atoms with Crippen LogP contribution in [0.25, 0.3) is 55.0 Å². The van der Waals surface area contributed by atoms with Gasteiger partial charge in [0, 0.05) is 39.2 Å². The molecule has 1 heterocycles. The molecule has 1 aromatic heterocycles. The summed E-state index contributed by atoms with van der Waals surface area (Å²) in [6.45, 7) is 0. The van der Waals surface area contributed by atoms with Gasteiger partial charge in [-0.15, -0.1) is 0 Å². The Morgan fingerprint density at radius 3 is 1.73 bits per heavy atom. The number of fused-ring (bicyclic) bond motifs is 15. The summed E-state index contributed by atoms with van der Waals surface area (Å²) in [7, 11) is 0. The van der Waals surface area contributed by atoms with Crippen molar-refractivity contribution in [1.82, 2.24) is 0 Å². The normalized spacial score (nSPS) is 13.5. The highest BCUT2D eigenvalue weighted by molar-refractivity contribution is 6.15. The van der Waals surface area contributed by atoms with Crippen molar-refractivity contribution >= 4 is 49.8 Å². The maximum atomic E-state index is 6.73. The number of nitrogens with zero attached hydrogens (tertiary/aromatic N) is 1. The number of rotatable bonds is 3. The lowest BCUT2D eigenvalue weighted by atomic mass is 9.70. The molecule has 0 bridgehead atoms. The van der Waals surface area contributed by atoms with Crippen LogP contribution in [0.5, 0.6) is 0 Å². The van der Waals surface area contributed by atoms with Crippen LogP contribution in [0, 0.1) is 0 Å². The van der Waals surface area contributed by atoms with E-state index in [1.165, 1.54) is 49.9 Å². The molecule has 2 aliphatic rings. The summed E-state index contributed by atoms with van der Waals surface area (Å²) in [6, 6.07) is 64.2. The molecule has 0 atom stereocenters. The largest absolute Gasteiger partial charge is 0.455 e. The van der Waals surface area contributed by atoms with Gasteiger partial charge in [0.05, 0.1) is 11.1 Å². The van der Waals surface area contributed by atoms with Crippen molar-refractivity contribution in [1.29, 1.82) is 0 Å². The van der Waals surface area contributed by atoms with Crippen LogP contribution in [0.2, 0.25) is 0 Å². The SMILES string of the molecule is c1ccc(N(c2ccc3c(c2)oc2c4ccccc4ccc32)c2cccc3c2C2(c4ccccc4-c4ccccc42)c2ccccc2-3)cc1. The van der Waals surface area contributed by atoms with E-state index in [1.54, 1.807) is 0 Å². The number of para-hydroxylation sites is 1. The molecule has 0 amide bonds. The van der Waals surface area contributed by atoms with Gasteiger partial charge >= 0.3 is 0 Å². The van der Waals surface area contributed by atoms with Crippen LogP contribution in [0.3, 0.4) is 0 Å². The number of hydrogen-bond acceptors (Lipinski definition) is 2. The van der Waals surface area contributed by atoms with Crippen molar-refractivity contribution in [2.24, 2.45) is 0 Å². The van der Waals surface area contributed by atoms with E-state index >= 15 is 0 Å². The van der Waals surface area contributed by atoms with Crippen LogP contribution in [-0.4, -0.2) is 0 Å². The predicted molar refractivity (Wildman–Crippen MR) is 202 cm³/mol. The summed E-state index contributed by atoms with van der Waals surface area (Å²) in [5, 5.41) is 4.58. The molecule has 11 rings (SSSR count). The molecule has 0 saturated carbocycles. The second-order valence-corrected chi connectivity index (χ2v) is 13.2. The Bertz CT molecular complexity index is 2730. The summed E-state index contributed by atoms with van der Waals surface area (Å²) in [6.07, 6.45) is 0. The van der Waals surface area contributed by atoms with E-state index in [1.807, 2.05) is 0 Å². The molecular weight excluding hydrogens is 595 g/mol. The molecule has 0 aliphatic heterocycles. The minimum absolute atomic E-state index is 0.467. The summed E-state index contributed by atoms with van der Waals surface area (Å²) >= 11 is 0. The molecule has 0 fully saturated rings. The third kappa shape index (κ3) is 3.45. The van der Waals surface area contributed by atoms with E-state index in [-0.39, 0.29) is 0 Å². The zero-order chi connectivity index (χ0) is 32.1. The second kappa shape index (κ2) is 9.82. The van der Waals surface area contributed by atoms with E-state index in [2.05, 4.69) is 181 Å².